The van der Waals surface area contributed by atoms with Crippen LogP contribution in [0.15, 0.2) is 18.2 Å². The molecule has 1 amide bonds. The number of ether oxygens (including phenoxy) is 1. The second-order valence-corrected chi connectivity index (χ2v) is 6.11. The van der Waals surface area contributed by atoms with Crippen LogP contribution in [0.1, 0.15) is 31.2 Å². The van der Waals surface area contributed by atoms with Gasteiger partial charge in [-0.25, -0.2) is 0 Å². The molecule has 8 heteroatoms. The van der Waals surface area contributed by atoms with Crippen molar-refractivity contribution in [1.29, 1.82) is 0 Å². The molecular formula is C17H24ClF3N2O2. The Morgan fingerprint density at radius 3 is 2.64 bits per heavy atom. The van der Waals surface area contributed by atoms with Gasteiger partial charge >= 0.3 is 6.18 Å². The monoisotopic (exact) mass is 380 g/mol. The van der Waals surface area contributed by atoms with Crippen LogP contribution in [0, 0.1) is 12.8 Å². The molecule has 1 aliphatic heterocycles. The smallest absolute Gasteiger partial charge is 0.422 e. The lowest BCUT2D eigenvalue weighted by Gasteiger charge is -2.22. The standard InChI is InChI=1S/C17H23F3N2O2.ClH/c1-12-14(3-2-4-15(12)24-11-17(18,19)20)22-16(23)6-5-13-7-9-21-10-8-13;/h2-4,13,21H,5-11H2,1H3,(H,22,23);1H. The van der Waals surface area contributed by atoms with E-state index >= 15 is 0 Å². The fourth-order valence-electron chi connectivity index (χ4n) is 2.78. The van der Waals surface area contributed by atoms with Crippen molar-refractivity contribution in [3.05, 3.63) is 23.8 Å². The normalized spacial score (nSPS) is 15.4. The SMILES string of the molecule is Cc1c(NC(=O)CCC2CCNCC2)cccc1OCC(F)(F)F.Cl. The summed E-state index contributed by atoms with van der Waals surface area (Å²) in [5.41, 5.74) is 0.988. The number of carbonyl (C=O) groups is 1. The Morgan fingerprint density at radius 2 is 2.00 bits per heavy atom. The fourth-order valence-corrected chi connectivity index (χ4v) is 2.78. The summed E-state index contributed by atoms with van der Waals surface area (Å²) in [7, 11) is 0. The summed E-state index contributed by atoms with van der Waals surface area (Å²) < 4.78 is 41.6. The number of amides is 1. The maximum absolute atomic E-state index is 12.3. The topological polar surface area (TPSA) is 50.4 Å². The van der Waals surface area contributed by atoms with Crippen LogP contribution in [-0.4, -0.2) is 31.8 Å². The molecule has 0 bridgehead atoms. The van der Waals surface area contributed by atoms with Crippen LogP contribution in [0.5, 0.6) is 5.75 Å². The van der Waals surface area contributed by atoms with E-state index in [-0.39, 0.29) is 24.1 Å². The Bertz CT molecular complexity index is 561. The van der Waals surface area contributed by atoms with Crippen molar-refractivity contribution in [2.24, 2.45) is 5.92 Å². The molecule has 2 N–H and O–H groups in total. The third-order valence-corrected chi connectivity index (χ3v) is 4.19. The van der Waals surface area contributed by atoms with Crippen molar-refractivity contribution in [2.75, 3.05) is 25.0 Å². The average Bonchev–Trinajstić information content (AvgIpc) is 2.54. The zero-order chi connectivity index (χ0) is 17.6. The number of benzene rings is 1. The Morgan fingerprint density at radius 1 is 1.32 bits per heavy atom. The van der Waals surface area contributed by atoms with Gasteiger partial charge in [0.15, 0.2) is 6.61 Å². The van der Waals surface area contributed by atoms with Crippen molar-refractivity contribution in [3.63, 3.8) is 0 Å². The van der Waals surface area contributed by atoms with Gasteiger partial charge in [0.05, 0.1) is 0 Å². The number of halogens is 4. The van der Waals surface area contributed by atoms with Crippen molar-refractivity contribution in [3.8, 4) is 5.75 Å². The molecule has 0 atom stereocenters. The number of alkyl halides is 3. The fraction of sp³-hybridized carbons (Fsp3) is 0.588. The van der Waals surface area contributed by atoms with Gasteiger partial charge in [0.25, 0.3) is 0 Å². The van der Waals surface area contributed by atoms with E-state index in [2.05, 4.69) is 10.6 Å². The van der Waals surface area contributed by atoms with Gasteiger partial charge in [-0.05, 0) is 57.3 Å². The molecule has 4 nitrogen and oxygen atoms in total. The maximum Gasteiger partial charge on any atom is 0.422 e. The zero-order valence-corrected chi connectivity index (χ0v) is 14.9. The Balaban J connectivity index is 0.00000312. The van der Waals surface area contributed by atoms with Crippen molar-refractivity contribution < 1.29 is 22.7 Å². The van der Waals surface area contributed by atoms with Crippen LogP contribution >= 0.6 is 12.4 Å². The Hall–Kier alpha value is -1.47. The third-order valence-electron chi connectivity index (χ3n) is 4.19. The van der Waals surface area contributed by atoms with Crippen LogP contribution in [0.4, 0.5) is 18.9 Å². The molecular weight excluding hydrogens is 357 g/mol. The second kappa shape index (κ2) is 9.87. The lowest BCUT2D eigenvalue weighted by molar-refractivity contribution is -0.153. The van der Waals surface area contributed by atoms with E-state index in [0.717, 1.165) is 32.4 Å². The number of rotatable bonds is 6. The first-order valence-corrected chi connectivity index (χ1v) is 8.15. The highest BCUT2D eigenvalue weighted by Gasteiger charge is 2.28. The highest BCUT2D eigenvalue weighted by molar-refractivity contribution is 5.91. The van der Waals surface area contributed by atoms with Gasteiger partial charge in [-0.1, -0.05) is 6.07 Å². The number of carbonyl (C=O) groups excluding carboxylic acids is 1. The first kappa shape index (κ1) is 21.6. The summed E-state index contributed by atoms with van der Waals surface area (Å²) >= 11 is 0. The highest BCUT2D eigenvalue weighted by atomic mass is 35.5. The van der Waals surface area contributed by atoms with Gasteiger partial charge in [0.2, 0.25) is 5.91 Å². The second-order valence-electron chi connectivity index (χ2n) is 6.11. The summed E-state index contributed by atoms with van der Waals surface area (Å²) in [5, 5.41) is 6.06. The average molecular weight is 381 g/mol. The van der Waals surface area contributed by atoms with Gasteiger partial charge in [-0.3, -0.25) is 4.79 Å². The molecule has 2 rings (SSSR count). The van der Waals surface area contributed by atoms with Crippen LogP contribution in [0.25, 0.3) is 0 Å². The number of nitrogens with one attached hydrogen (secondary N) is 2. The molecule has 0 radical (unpaired) electrons. The third kappa shape index (κ3) is 7.52. The number of hydrogen-bond acceptors (Lipinski definition) is 3. The minimum atomic E-state index is -4.39. The largest absolute Gasteiger partial charge is 0.484 e. The first-order chi connectivity index (χ1) is 11.3. The van der Waals surface area contributed by atoms with E-state index in [1.807, 2.05) is 0 Å². The highest BCUT2D eigenvalue weighted by Crippen LogP contribution is 2.28. The summed E-state index contributed by atoms with van der Waals surface area (Å²) in [5.74, 6) is 0.563. The first-order valence-electron chi connectivity index (χ1n) is 8.15. The van der Waals surface area contributed by atoms with E-state index in [1.54, 1.807) is 19.1 Å². The molecule has 25 heavy (non-hydrogen) atoms. The predicted molar refractivity (Wildman–Crippen MR) is 93.4 cm³/mol. The molecule has 1 aromatic carbocycles. The van der Waals surface area contributed by atoms with E-state index < -0.39 is 12.8 Å². The van der Waals surface area contributed by atoms with Gasteiger partial charge in [0.1, 0.15) is 5.75 Å². The number of hydrogen-bond donors (Lipinski definition) is 2. The summed E-state index contributed by atoms with van der Waals surface area (Å²) in [6.45, 7) is 2.27. The van der Waals surface area contributed by atoms with E-state index in [4.69, 9.17) is 4.74 Å². The lowest BCUT2D eigenvalue weighted by atomic mass is 9.93. The molecule has 1 heterocycles. The van der Waals surface area contributed by atoms with Gasteiger partial charge in [-0.2, -0.15) is 13.2 Å². The minimum Gasteiger partial charge on any atom is -0.484 e. The number of anilines is 1. The lowest BCUT2D eigenvalue weighted by Crippen LogP contribution is -2.28. The molecule has 0 aliphatic carbocycles. The molecule has 142 valence electrons. The molecule has 0 spiro atoms. The Labute approximate surface area is 151 Å². The van der Waals surface area contributed by atoms with Crippen molar-refractivity contribution in [2.45, 2.75) is 38.8 Å². The van der Waals surface area contributed by atoms with Crippen LogP contribution in [0.2, 0.25) is 0 Å². The van der Waals surface area contributed by atoms with Crippen LogP contribution < -0.4 is 15.4 Å². The van der Waals surface area contributed by atoms with E-state index in [0.29, 0.717) is 23.6 Å². The maximum atomic E-state index is 12.3. The quantitative estimate of drug-likeness (QED) is 0.782. The minimum absolute atomic E-state index is 0. The van der Waals surface area contributed by atoms with Crippen molar-refractivity contribution >= 4 is 24.0 Å². The molecule has 1 aromatic rings. The van der Waals surface area contributed by atoms with Crippen LogP contribution in [0.3, 0.4) is 0 Å². The molecule has 0 aromatic heterocycles. The van der Waals surface area contributed by atoms with Gasteiger partial charge < -0.3 is 15.4 Å². The zero-order valence-electron chi connectivity index (χ0n) is 14.1. The molecule has 1 fully saturated rings. The van der Waals surface area contributed by atoms with Gasteiger partial charge in [-0.15, -0.1) is 12.4 Å². The van der Waals surface area contributed by atoms with E-state index in [9.17, 15) is 18.0 Å². The summed E-state index contributed by atoms with van der Waals surface area (Å²) in [4.78, 5) is 12.1. The Kier molecular flexibility index (Phi) is 8.52. The van der Waals surface area contributed by atoms with Crippen molar-refractivity contribution in [1.82, 2.24) is 5.32 Å². The number of piperidine rings is 1. The van der Waals surface area contributed by atoms with Gasteiger partial charge in [0, 0.05) is 17.7 Å². The van der Waals surface area contributed by atoms with Crippen LogP contribution in [-0.2, 0) is 4.79 Å². The molecule has 0 saturated carbocycles. The van der Waals surface area contributed by atoms with E-state index in [1.165, 1.54) is 6.07 Å². The summed E-state index contributed by atoms with van der Waals surface area (Å²) in [6, 6.07) is 4.70. The predicted octanol–water partition coefficient (Wildman–Crippen LogP) is 4.08. The summed E-state index contributed by atoms with van der Waals surface area (Å²) in [6.07, 6.45) is -0.991. The molecule has 1 aliphatic rings. The molecule has 1 saturated heterocycles. The molecule has 0 unspecified atom stereocenters.